The van der Waals surface area contributed by atoms with Crippen LogP contribution in [0.15, 0.2) is 90.8 Å². The van der Waals surface area contributed by atoms with E-state index < -0.39 is 5.97 Å². The van der Waals surface area contributed by atoms with Gasteiger partial charge in [-0.1, -0.05) is 48.5 Å². The van der Waals surface area contributed by atoms with Gasteiger partial charge >= 0.3 is 5.97 Å². The third-order valence-corrected chi connectivity index (χ3v) is 5.52. The number of aromatic nitrogens is 1. The second kappa shape index (κ2) is 8.63. The molecular weight excluding hydrogens is 414 g/mol. The summed E-state index contributed by atoms with van der Waals surface area (Å²) in [5.41, 5.74) is 3.37. The van der Waals surface area contributed by atoms with E-state index in [4.69, 9.17) is 9.47 Å². The van der Waals surface area contributed by atoms with E-state index in [0.29, 0.717) is 17.1 Å². The van der Waals surface area contributed by atoms with Crippen molar-refractivity contribution in [1.82, 2.24) is 4.57 Å². The molecular formula is C28H21NO4. The number of Topliss-reactive ketones (excluding diaryl/α,β-unsaturated/α-hetero) is 1. The van der Waals surface area contributed by atoms with E-state index >= 15 is 0 Å². The Bertz CT molecular complexity index is 1430. The highest BCUT2D eigenvalue weighted by Crippen LogP contribution is 2.36. The third-order valence-electron chi connectivity index (χ3n) is 5.52. The highest BCUT2D eigenvalue weighted by atomic mass is 16.5. The summed E-state index contributed by atoms with van der Waals surface area (Å²) in [5.74, 6) is 0.235. The zero-order chi connectivity index (χ0) is 22.8. The van der Waals surface area contributed by atoms with Crippen molar-refractivity contribution in [1.29, 1.82) is 0 Å². The Hall–Kier alpha value is -4.38. The molecule has 0 saturated carbocycles. The van der Waals surface area contributed by atoms with E-state index in [1.54, 1.807) is 30.4 Å². The molecule has 2 heterocycles. The van der Waals surface area contributed by atoms with Gasteiger partial charge in [0.1, 0.15) is 11.5 Å². The van der Waals surface area contributed by atoms with Gasteiger partial charge in [0, 0.05) is 41.4 Å². The van der Waals surface area contributed by atoms with Crippen molar-refractivity contribution < 1.29 is 19.1 Å². The number of esters is 1. The van der Waals surface area contributed by atoms with Crippen LogP contribution in [0.2, 0.25) is 0 Å². The minimum absolute atomic E-state index is 0.194. The van der Waals surface area contributed by atoms with Crippen LogP contribution in [-0.4, -0.2) is 16.3 Å². The fourth-order valence-electron chi connectivity index (χ4n) is 3.90. The standard InChI is InChI=1S/C28H21NO4/c1-2-29-18-20(22-10-6-7-11-24(22)29)16-26-28(31)23-14-13-21(17-25(23)33-26)32-27(30)15-12-19-8-4-3-5-9-19/h3-18H,2H2,1H3. The Labute approximate surface area is 191 Å². The molecule has 0 spiro atoms. The summed E-state index contributed by atoms with van der Waals surface area (Å²) < 4.78 is 13.4. The minimum Gasteiger partial charge on any atom is -0.452 e. The van der Waals surface area contributed by atoms with E-state index in [1.807, 2.05) is 54.7 Å². The Kier molecular flexibility index (Phi) is 5.37. The lowest BCUT2D eigenvalue weighted by Crippen LogP contribution is -2.03. The predicted molar refractivity (Wildman–Crippen MR) is 128 cm³/mol. The quantitative estimate of drug-likeness (QED) is 0.223. The molecule has 5 heteroatoms. The summed E-state index contributed by atoms with van der Waals surface area (Å²) in [4.78, 5) is 25.1. The third kappa shape index (κ3) is 4.08. The molecule has 0 atom stereocenters. The summed E-state index contributed by atoms with van der Waals surface area (Å²) in [6.07, 6.45) is 6.83. The summed E-state index contributed by atoms with van der Waals surface area (Å²) in [6.45, 7) is 2.90. The first kappa shape index (κ1) is 20.5. The predicted octanol–water partition coefficient (Wildman–Crippen LogP) is 5.90. The first-order valence-electron chi connectivity index (χ1n) is 10.7. The molecule has 33 heavy (non-hydrogen) atoms. The van der Waals surface area contributed by atoms with E-state index in [1.165, 1.54) is 6.08 Å². The van der Waals surface area contributed by atoms with Gasteiger partial charge in [0.05, 0.1) is 5.56 Å². The Morgan fingerprint density at radius 1 is 1.03 bits per heavy atom. The number of fused-ring (bicyclic) bond motifs is 2. The zero-order valence-corrected chi connectivity index (χ0v) is 18.0. The van der Waals surface area contributed by atoms with Crippen LogP contribution in [-0.2, 0) is 11.3 Å². The molecule has 0 saturated heterocycles. The number of ether oxygens (including phenoxy) is 2. The van der Waals surface area contributed by atoms with Gasteiger partial charge in [0.15, 0.2) is 5.76 Å². The fraction of sp³-hybridized carbons (Fsp3) is 0.0714. The number of para-hydroxylation sites is 1. The van der Waals surface area contributed by atoms with Crippen molar-refractivity contribution >= 4 is 34.8 Å². The van der Waals surface area contributed by atoms with Gasteiger partial charge in [-0.05, 0) is 42.8 Å². The molecule has 0 unspecified atom stereocenters. The highest BCUT2D eigenvalue weighted by molar-refractivity contribution is 6.15. The van der Waals surface area contributed by atoms with Gasteiger partial charge in [0.2, 0.25) is 5.78 Å². The van der Waals surface area contributed by atoms with Crippen molar-refractivity contribution in [2.75, 3.05) is 0 Å². The molecule has 162 valence electrons. The molecule has 5 nitrogen and oxygen atoms in total. The topological polar surface area (TPSA) is 57.5 Å². The molecule has 1 aromatic heterocycles. The maximum atomic E-state index is 12.9. The average Bonchev–Trinajstić information content (AvgIpc) is 3.35. The molecule has 5 rings (SSSR count). The maximum absolute atomic E-state index is 12.9. The summed E-state index contributed by atoms with van der Waals surface area (Å²) in [7, 11) is 0. The van der Waals surface area contributed by atoms with E-state index in [0.717, 1.165) is 28.6 Å². The first-order chi connectivity index (χ1) is 16.1. The first-order valence-corrected chi connectivity index (χ1v) is 10.7. The second-order valence-corrected chi connectivity index (χ2v) is 7.65. The van der Waals surface area contributed by atoms with Gasteiger partial charge < -0.3 is 14.0 Å². The Balaban J connectivity index is 1.36. The van der Waals surface area contributed by atoms with E-state index in [-0.39, 0.29) is 11.5 Å². The summed E-state index contributed by atoms with van der Waals surface area (Å²) >= 11 is 0. The van der Waals surface area contributed by atoms with Crippen molar-refractivity contribution in [3.05, 3.63) is 108 Å². The van der Waals surface area contributed by atoms with Crippen molar-refractivity contribution in [2.24, 2.45) is 0 Å². The molecule has 4 aromatic rings. The summed E-state index contributed by atoms with van der Waals surface area (Å²) in [5, 5.41) is 1.05. The lowest BCUT2D eigenvalue weighted by Gasteiger charge is -2.03. The monoisotopic (exact) mass is 435 g/mol. The lowest BCUT2D eigenvalue weighted by molar-refractivity contribution is -0.128. The number of carbonyl (C=O) groups is 2. The normalized spacial score (nSPS) is 14.1. The van der Waals surface area contributed by atoms with Crippen LogP contribution < -0.4 is 9.47 Å². The highest BCUT2D eigenvalue weighted by Gasteiger charge is 2.28. The summed E-state index contributed by atoms with van der Waals surface area (Å²) in [6, 6.07) is 22.3. The van der Waals surface area contributed by atoms with Crippen LogP contribution in [0.5, 0.6) is 11.5 Å². The number of aryl methyl sites for hydroxylation is 1. The van der Waals surface area contributed by atoms with Gasteiger partial charge in [-0.2, -0.15) is 0 Å². The second-order valence-electron chi connectivity index (χ2n) is 7.65. The maximum Gasteiger partial charge on any atom is 0.336 e. The number of benzene rings is 3. The number of ketones is 1. The van der Waals surface area contributed by atoms with Crippen LogP contribution in [0.3, 0.4) is 0 Å². The smallest absolute Gasteiger partial charge is 0.336 e. The van der Waals surface area contributed by atoms with E-state index in [9.17, 15) is 9.59 Å². The molecule has 0 radical (unpaired) electrons. The fourth-order valence-corrected chi connectivity index (χ4v) is 3.90. The van der Waals surface area contributed by atoms with Gasteiger partial charge in [-0.25, -0.2) is 4.79 Å². The van der Waals surface area contributed by atoms with Gasteiger partial charge in [-0.15, -0.1) is 0 Å². The number of allylic oxidation sites excluding steroid dienone is 1. The minimum atomic E-state index is -0.508. The van der Waals surface area contributed by atoms with Crippen LogP contribution >= 0.6 is 0 Å². The number of nitrogens with zero attached hydrogens (tertiary/aromatic N) is 1. The van der Waals surface area contributed by atoms with Crippen molar-refractivity contribution in [3.63, 3.8) is 0 Å². The molecule has 0 fully saturated rings. The zero-order valence-electron chi connectivity index (χ0n) is 18.0. The van der Waals surface area contributed by atoms with Crippen LogP contribution in [0.25, 0.3) is 23.1 Å². The largest absolute Gasteiger partial charge is 0.452 e. The van der Waals surface area contributed by atoms with Crippen LogP contribution in [0, 0.1) is 0 Å². The molecule has 0 aliphatic carbocycles. The molecule has 1 aliphatic rings. The van der Waals surface area contributed by atoms with Gasteiger partial charge in [-0.3, -0.25) is 4.79 Å². The molecule has 0 bridgehead atoms. The molecule has 3 aromatic carbocycles. The molecule has 1 aliphatic heterocycles. The number of hydrogen-bond acceptors (Lipinski definition) is 4. The number of carbonyl (C=O) groups excluding carboxylic acids is 2. The van der Waals surface area contributed by atoms with Crippen molar-refractivity contribution in [3.8, 4) is 11.5 Å². The SMILES string of the molecule is CCn1cc(C=C2Oc3cc(OC(=O)C=Cc4ccccc4)ccc3C2=O)c2ccccc21. The average molecular weight is 435 g/mol. The molecule has 0 N–H and O–H groups in total. The van der Waals surface area contributed by atoms with Gasteiger partial charge in [0.25, 0.3) is 0 Å². The van der Waals surface area contributed by atoms with Crippen LogP contribution in [0.1, 0.15) is 28.4 Å². The Morgan fingerprint density at radius 3 is 2.64 bits per heavy atom. The molecule has 0 amide bonds. The van der Waals surface area contributed by atoms with E-state index in [2.05, 4.69) is 17.6 Å². The lowest BCUT2D eigenvalue weighted by atomic mass is 10.1. The van der Waals surface area contributed by atoms with Crippen molar-refractivity contribution in [2.45, 2.75) is 13.5 Å². The Morgan fingerprint density at radius 2 is 1.82 bits per heavy atom. The number of rotatable bonds is 5. The van der Waals surface area contributed by atoms with Crippen LogP contribution in [0.4, 0.5) is 0 Å². The number of hydrogen-bond donors (Lipinski definition) is 0.